The van der Waals surface area contributed by atoms with E-state index in [1.54, 1.807) is 0 Å². The summed E-state index contributed by atoms with van der Waals surface area (Å²) in [5.74, 6) is -1.30. The number of aliphatic carboxylic acids is 1. The maximum absolute atomic E-state index is 10.2. The number of nitrogens with zero attached hydrogens (tertiary/aromatic N) is 1. The van der Waals surface area contributed by atoms with Gasteiger partial charge < -0.3 is 20.4 Å². The second kappa shape index (κ2) is 6.79. The Morgan fingerprint density at radius 2 is 1.69 bits per heavy atom. The first-order chi connectivity index (χ1) is 6.11. The molecule has 0 aliphatic heterocycles. The lowest BCUT2D eigenvalue weighted by Crippen LogP contribution is -2.39. The second-order valence-electron chi connectivity index (χ2n) is 2.60. The predicted molar refractivity (Wildman–Crippen MR) is 44.3 cm³/mol. The van der Waals surface area contributed by atoms with Crippen molar-refractivity contribution in [2.24, 2.45) is 0 Å². The number of carboxylic acids is 1. The Morgan fingerprint density at radius 1 is 1.23 bits per heavy atom. The highest BCUT2D eigenvalue weighted by Crippen LogP contribution is 1.92. The Kier molecular flexibility index (Phi) is 6.43. The van der Waals surface area contributed by atoms with E-state index in [1.165, 1.54) is 4.90 Å². The lowest BCUT2D eigenvalue weighted by molar-refractivity contribution is -0.147. The standard InChI is InChI=1S/C7H15NO5/c9-3-1-8(2-4-10)5-6(11)7(12)13/h6,9-11H,1-5H2,(H,12,13). The highest BCUT2D eigenvalue weighted by Gasteiger charge is 2.16. The summed E-state index contributed by atoms with van der Waals surface area (Å²) in [7, 11) is 0. The van der Waals surface area contributed by atoms with Gasteiger partial charge in [0.1, 0.15) is 0 Å². The molecule has 0 radical (unpaired) electrons. The van der Waals surface area contributed by atoms with Gasteiger partial charge in [0.05, 0.1) is 13.2 Å². The molecule has 1 unspecified atom stereocenters. The SMILES string of the molecule is O=C(O)C(O)CN(CCO)CCO. The van der Waals surface area contributed by atoms with Crippen LogP contribution < -0.4 is 0 Å². The lowest BCUT2D eigenvalue weighted by atomic mass is 10.3. The summed E-state index contributed by atoms with van der Waals surface area (Å²) in [6.45, 7) is 0.130. The van der Waals surface area contributed by atoms with E-state index in [0.29, 0.717) is 0 Å². The maximum atomic E-state index is 10.2. The van der Waals surface area contributed by atoms with Crippen LogP contribution in [0.15, 0.2) is 0 Å². The van der Waals surface area contributed by atoms with Crippen molar-refractivity contribution in [1.29, 1.82) is 0 Å². The zero-order chi connectivity index (χ0) is 10.3. The van der Waals surface area contributed by atoms with Gasteiger partial charge in [-0.2, -0.15) is 0 Å². The number of hydrogen-bond donors (Lipinski definition) is 4. The van der Waals surface area contributed by atoms with Gasteiger partial charge in [0.2, 0.25) is 0 Å². The zero-order valence-electron chi connectivity index (χ0n) is 7.26. The molecule has 0 aliphatic rings. The smallest absolute Gasteiger partial charge is 0.333 e. The van der Waals surface area contributed by atoms with Crippen LogP contribution in [0.1, 0.15) is 0 Å². The fourth-order valence-electron chi connectivity index (χ4n) is 0.900. The summed E-state index contributed by atoms with van der Waals surface area (Å²) in [6, 6.07) is 0. The van der Waals surface area contributed by atoms with Crippen LogP contribution in [0.5, 0.6) is 0 Å². The normalized spacial score (nSPS) is 13.2. The van der Waals surface area contributed by atoms with Crippen LogP contribution in [-0.2, 0) is 4.79 Å². The summed E-state index contributed by atoms with van der Waals surface area (Å²) in [5, 5.41) is 34.4. The summed E-state index contributed by atoms with van der Waals surface area (Å²) in [5.41, 5.74) is 0. The van der Waals surface area contributed by atoms with Gasteiger partial charge in [0, 0.05) is 19.6 Å². The van der Waals surface area contributed by atoms with Crippen LogP contribution in [-0.4, -0.2) is 70.2 Å². The number of hydrogen-bond acceptors (Lipinski definition) is 5. The van der Waals surface area contributed by atoms with Crippen molar-refractivity contribution in [1.82, 2.24) is 4.90 Å². The van der Waals surface area contributed by atoms with Gasteiger partial charge in [0.15, 0.2) is 6.10 Å². The molecule has 0 bridgehead atoms. The van der Waals surface area contributed by atoms with Crippen molar-refractivity contribution in [3.63, 3.8) is 0 Å². The topological polar surface area (TPSA) is 101 Å². The summed E-state index contributed by atoms with van der Waals surface area (Å²) in [4.78, 5) is 11.7. The minimum Gasteiger partial charge on any atom is -0.479 e. The molecule has 0 aromatic rings. The molecule has 13 heavy (non-hydrogen) atoms. The summed E-state index contributed by atoms with van der Waals surface area (Å²) < 4.78 is 0. The molecule has 0 saturated carbocycles. The average molecular weight is 193 g/mol. The van der Waals surface area contributed by atoms with Crippen molar-refractivity contribution in [3.8, 4) is 0 Å². The molecular formula is C7H15NO5. The van der Waals surface area contributed by atoms with Crippen LogP contribution in [0, 0.1) is 0 Å². The third-order valence-electron chi connectivity index (χ3n) is 1.55. The molecule has 4 N–H and O–H groups in total. The highest BCUT2D eigenvalue weighted by atomic mass is 16.4. The minimum atomic E-state index is -1.47. The lowest BCUT2D eigenvalue weighted by Gasteiger charge is -2.21. The molecule has 6 nitrogen and oxygen atoms in total. The van der Waals surface area contributed by atoms with Crippen molar-refractivity contribution < 1.29 is 25.2 Å². The van der Waals surface area contributed by atoms with Crippen molar-refractivity contribution in [2.45, 2.75) is 6.10 Å². The molecule has 0 rings (SSSR count). The van der Waals surface area contributed by atoms with Gasteiger partial charge >= 0.3 is 5.97 Å². The zero-order valence-corrected chi connectivity index (χ0v) is 7.26. The number of aliphatic hydroxyl groups is 3. The molecule has 0 aromatic carbocycles. The second-order valence-corrected chi connectivity index (χ2v) is 2.60. The molecule has 0 fully saturated rings. The third kappa shape index (κ3) is 5.53. The minimum absolute atomic E-state index is 0.0869. The monoisotopic (exact) mass is 193 g/mol. The molecule has 0 amide bonds. The molecule has 6 heteroatoms. The number of aliphatic hydroxyl groups excluding tert-OH is 3. The molecule has 0 heterocycles. The quantitative estimate of drug-likeness (QED) is 0.363. The number of carboxylic acid groups (broad SMARTS) is 1. The molecule has 78 valence electrons. The highest BCUT2D eigenvalue weighted by molar-refractivity contribution is 5.72. The molecule has 0 aromatic heterocycles. The van der Waals surface area contributed by atoms with Crippen molar-refractivity contribution >= 4 is 5.97 Å². The van der Waals surface area contributed by atoms with Crippen molar-refractivity contribution in [2.75, 3.05) is 32.8 Å². The molecular weight excluding hydrogens is 178 g/mol. The van der Waals surface area contributed by atoms with E-state index in [0.717, 1.165) is 0 Å². The van der Waals surface area contributed by atoms with E-state index in [4.69, 9.17) is 20.4 Å². The Hall–Kier alpha value is -0.690. The Bertz CT molecular complexity index is 146. The van der Waals surface area contributed by atoms with Gasteiger partial charge in [-0.1, -0.05) is 0 Å². The summed E-state index contributed by atoms with van der Waals surface area (Å²) >= 11 is 0. The van der Waals surface area contributed by atoms with Gasteiger partial charge in [-0.25, -0.2) is 4.79 Å². The van der Waals surface area contributed by atoms with E-state index in [1.807, 2.05) is 0 Å². The van der Waals surface area contributed by atoms with Crippen LogP contribution in [0.4, 0.5) is 0 Å². The Balaban J connectivity index is 3.85. The first-order valence-electron chi connectivity index (χ1n) is 3.96. The molecule has 0 aliphatic carbocycles. The van der Waals surface area contributed by atoms with E-state index < -0.39 is 12.1 Å². The average Bonchev–Trinajstić information content (AvgIpc) is 2.05. The van der Waals surface area contributed by atoms with E-state index in [2.05, 4.69) is 0 Å². The third-order valence-corrected chi connectivity index (χ3v) is 1.55. The maximum Gasteiger partial charge on any atom is 0.333 e. The fourth-order valence-corrected chi connectivity index (χ4v) is 0.900. The Morgan fingerprint density at radius 3 is 2.00 bits per heavy atom. The first-order valence-corrected chi connectivity index (χ1v) is 3.96. The van der Waals surface area contributed by atoms with Crippen LogP contribution in [0.25, 0.3) is 0 Å². The molecule has 0 saturated heterocycles. The fraction of sp³-hybridized carbons (Fsp3) is 0.857. The van der Waals surface area contributed by atoms with Crippen LogP contribution in [0.3, 0.4) is 0 Å². The van der Waals surface area contributed by atoms with Crippen molar-refractivity contribution in [3.05, 3.63) is 0 Å². The first kappa shape index (κ1) is 12.3. The summed E-state index contributed by atoms with van der Waals surface area (Å²) in [6.07, 6.45) is -1.47. The van der Waals surface area contributed by atoms with E-state index >= 15 is 0 Å². The molecule has 0 spiro atoms. The molecule has 1 atom stereocenters. The van der Waals surface area contributed by atoms with Gasteiger partial charge in [-0.15, -0.1) is 0 Å². The Labute approximate surface area is 76.0 Å². The van der Waals surface area contributed by atoms with Gasteiger partial charge in [-0.05, 0) is 0 Å². The number of rotatable bonds is 7. The van der Waals surface area contributed by atoms with E-state index in [-0.39, 0.29) is 32.8 Å². The van der Waals surface area contributed by atoms with Gasteiger partial charge in [0.25, 0.3) is 0 Å². The predicted octanol–water partition coefficient (Wildman–Crippen LogP) is -2.28. The van der Waals surface area contributed by atoms with E-state index in [9.17, 15) is 4.79 Å². The van der Waals surface area contributed by atoms with Crippen LogP contribution in [0.2, 0.25) is 0 Å². The largest absolute Gasteiger partial charge is 0.479 e. The van der Waals surface area contributed by atoms with Gasteiger partial charge in [-0.3, -0.25) is 4.90 Å². The number of carbonyl (C=O) groups is 1. The van der Waals surface area contributed by atoms with Crippen LogP contribution >= 0.6 is 0 Å².